The molecule has 2 aromatic rings. The summed E-state index contributed by atoms with van der Waals surface area (Å²) in [7, 11) is 1.61. The Morgan fingerprint density at radius 1 is 0.952 bits per heavy atom. The van der Waals surface area contributed by atoms with E-state index in [-0.39, 0.29) is 6.61 Å². The molecular formula is C15H13ClN2O3. The lowest BCUT2D eigenvalue weighted by Crippen LogP contribution is -2.03. The zero-order chi connectivity index (χ0) is 15.1. The van der Waals surface area contributed by atoms with Gasteiger partial charge in [0.1, 0.15) is 11.5 Å². The summed E-state index contributed by atoms with van der Waals surface area (Å²) < 4.78 is 10.2. The second-order valence-electron chi connectivity index (χ2n) is 4.04. The zero-order valence-corrected chi connectivity index (χ0v) is 12.1. The fourth-order valence-electron chi connectivity index (χ4n) is 1.51. The number of ether oxygens (including phenoxy) is 2. The van der Waals surface area contributed by atoms with Gasteiger partial charge in [-0.3, -0.25) is 4.79 Å². The first-order valence-corrected chi connectivity index (χ1v) is 6.52. The molecular weight excluding hydrogens is 292 g/mol. The minimum Gasteiger partial charge on any atom is -0.497 e. The fraction of sp³-hybridized carbons (Fsp3) is 0.133. The third kappa shape index (κ3) is 4.89. The Labute approximate surface area is 127 Å². The van der Waals surface area contributed by atoms with Crippen molar-refractivity contribution in [3.8, 4) is 11.5 Å². The molecule has 0 heterocycles. The van der Waals surface area contributed by atoms with Crippen LogP contribution in [0.4, 0.5) is 11.4 Å². The maximum atomic E-state index is 10.6. The summed E-state index contributed by atoms with van der Waals surface area (Å²) in [5.74, 6) is 1.32. The molecule has 0 N–H and O–H groups in total. The maximum absolute atomic E-state index is 10.6. The van der Waals surface area contributed by atoms with E-state index in [2.05, 4.69) is 10.2 Å². The van der Waals surface area contributed by atoms with E-state index in [9.17, 15) is 4.79 Å². The summed E-state index contributed by atoms with van der Waals surface area (Å²) in [6, 6.07) is 14.1. The van der Waals surface area contributed by atoms with Crippen LogP contribution in [0.3, 0.4) is 0 Å². The lowest BCUT2D eigenvalue weighted by molar-refractivity contribution is -0.113. The molecule has 108 valence electrons. The molecule has 0 saturated heterocycles. The fourth-order valence-corrected chi connectivity index (χ4v) is 1.57. The molecule has 0 aromatic heterocycles. The molecule has 0 bridgehead atoms. The SMILES string of the molecule is COc1ccc(N=Nc2ccc(OCC(=O)Cl)cc2)cc1. The highest BCUT2D eigenvalue weighted by atomic mass is 35.5. The molecule has 0 unspecified atom stereocenters. The molecule has 0 aliphatic rings. The second-order valence-corrected chi connectivity index (χ2v) is 4.46. The lowest BCUT2D eigenvalue weighted by Gasteiger charge is -2.02. The lowest BCUT2D eigenvalue weighted by atomic mass is 10.3. The molecule has 5 nitrogen and oxygen atoms in total. The van der Waals surface area contributed by atoms with Crippen molar-refractivity contribution in [2.75, 3.05) is 13.7 Å². The van der Waals surface area contributed by atoms with Gasteiger partial charge in [0.2, 0.25) is 0 Å². The standard InChI is InChI=1S/C15H13ClN2O3/c1-20-13-6-2-11(3-7-13)17-18-12-4-8-14(9-5-12)21-10-15(16)19/h2-9H,10H2,1H3. The summed E-state index contributed by atoms with van der Waals surface area (Å²) in [5.41, 5.74) is 1.40. The third-order valence-electron chi connectivity index (χ3n) is 2.54. The van der Waals surface area contributed by atoms with E-state index >= 15 is 0 Å². The molecule has 0 atom stereocenters. The van der Waals surface area contributed by atoms with Crippen LogP contribution < -0.4 is 9.47 Å². The number of hydrogen-bond donors (Lipinski definition) is 0. The average molecular weight is 305 g/mol. The number of methoxy groups -OCH3 is 1. The van der Waals surface area contributed by atoms with Gasteiger partial charge in [0.15, 0.2) is 6.61 Å². The van der Waals surface area contributed by atoms with Gasteiger partial charge in [-0.2, -0.15) is 10.2 Å². The number of carbonyl (C=O) groups is 1. The van der Waals surface area contributed by atoms with Crippen molar-refractivity contribution in [3.63, 3.8) is 0 Å². The van der Waals surface area contributed by atoms with Gasteiger partial charge < -0.3 is 9.47 Å². The van der Waals surface area contributed by atoms with Crippen LogP contribution in [0.2, 0.25) is 0 Å². The second kappa shape index (κ2) is 7.40. The van der Waals surface area contributed by atoms with Gasteiger partial charge in [-0.05, 0) is 60.1 Å². The van der Waals surface area contributed by atoms with Gasteiger partial charge in [0.25, 0.3) is 5.24 Å². The van der Waals surface area contributed by atoms with Crippen molar-refractivity contribution in [2.45, 2.75) is 0 Å². The highest BCUT2D eigenvalue weighted by Gasteiger charge is 1.99. The van der Waals surface area contributed by atoms with Crippen LogP contribution in [0.5, 0.6) is 11.5 Å². The van der Waals surface area contributed by atoms with Crippen LogP contribution in [0, 0.1) is 0 Å². The van der Waals surface area contributed by atoms with Crippen LogP contribution in [0.1, 0.15) is 0 Å². The highest BCUT2D eigenvalue weighted by Crippen LogP contribution is 2.22. The molecule has 0 aliphatic carbocycles. The molecule has 6 heteroatoms. The molecule has 0 amide bonds. The third-order valence-corrected chi connectivity index (χ3v) is 2.65. The van der Waals surface area contributed by atoms with Crippen molar-refractivity contribution in [1.29, 1.82) is 0 Å². The van der Waals surface area contributed by atoms with E-state index in [1.807, 2.05) is 24.3 Å². The average Bonchev–Trinajstić information content (AvgIpc) is 2.52. The van der Waals surface area contributed by atoms with Crippen molar-refractivity contribution in [2.24, 2.45) is 10.2 Å². The smallest absolute Gasteiger partial charge is 0.259 e. The van der Waals surface area contributed by atoms with Gasteiger partial charge in [0, 0.05) is 0 Å². The summed E-state index contributed by atoms with van der Waals surface area (Å²) in [6.45, 7) is -0.158. The minimum absolute atomic E-state index is 0.158. The van der Waals surface area contributed by atoms with Gasteiger partial charge in [0.05, 0.1) is 18.5 Å². The number of halogens is 1. The maximum Gasteiger partial charge on any atom is 0.259 e. The zero-order valence-electron chi connectivity index (χ0n) is 11.3. The van der Waals surface area contributed by atoms with E-state index in [1.165, 1.54) is 0 Å². The number of benzene rings is 2. The Bertz CT molecular complexity index is 624. The van der Waals surface area contributed by atoms with E-state index in [0.717, 1.165) is 11.4 Å². The van der Waals surface area contributed by atoms with Crippen molar-refractivity contribution in [3.05, 3.63) is 48.5 Å². The molecule has 0 radical (unpaired) electrons. The molecule has 0 aliphatic heterocycles. The van der Waals surface area contributed by atoms with E-state index in [4.69, 9.17) is 21.1 Å². The van der Waals surface area contributed by atoms with Crippen molar-refractivity contribution in [1.82, 2.24) is 0 Å². The monoisotopic (exact) mass is 304 g/mol. The molecule has 21 heavy (non-hydrogen) atoms. The highest BCUT2D eigenvalue weighted by molar-refractivity contribution is 6.63. The predicted molar refractivity (Wildman–Crippen MR) is 80.0 cm³/mol. The summed E-state index contributed by atoms with van der Waals surface area (Å²) in [5, 5.41) is 7.67. The van der Waals surface area contributed by atoms with Crippen LogP contribution >= 0.6 is 11.6 Å². The quantitative estimate of drug-likeness (QED) is 0.592. The number of nitrogens with zero attached hydrogens (tertiary/aromatic N) is 2. The molecule has 0 saturated carbocycles. The van der Waals surface area contributed by atoms with Crippen molar-refractivity contribution >= 4 is 28.2 Å². The Morgan fingerprint density at radius 3 is 1.86 bits per heavy atom. The summed E-state index contributed by atoms with van der Waals surface area (Å²) in [6.07, 6.45) is 0. The Morgan fingerprint density at radius 2 is 1.43 bits per heavy atom. The van der Waals surface area contributed by atoms with Gasteiger partial charge >= 0.3 is 0 Å². The van der Waals surface area contributed by atoms with Crippen molar-refractivity contribution < 1.29 is 14.3 Å². The molecule has 0 spiro atoms. The van der Waals surface area contributed by atoms with Crippen LogP contribution in [0.15, 0.2) is 58.8 Å². The van der Waals surface area contributed by atoms with Gasteiger partial charge in [-0.15, -0.1) is 0 Å². The van der Waals surface area contributed by atoms with Gasteiger partial charge in [-0.1, -0.05) is 0 Å². The number of carbonyl (C=O) groups excluding carboxylic acids is 1. The number of rotatable bonds is 6. The Kier molecular flexibility index (Phi) is 5.29. The van der Waals surface area contributed by atoms with E-state index in [0.29, 0.717) is 11.4 Å². The summed E-state index contributed by atoms with van der Waals surface area (Å²) in [4.78, 5) is 10.6. The first-order chi connectivity index (χ1) is 10.2. The first-order valence-electron chi connectivity index (χ1n) is 6.14. The predicted octanol–water partition coefficient (Wildman–Crippen LogP) is 4.25. The van der Waals surface area contributed by atoms with E-state index < -0.39 is 5.24 Å². The topological polar surface area (TPSA) is 60.3 Å². The van der Waals surface area contributed by atoms with E-state index in [1.54, 1.807) is 31.4 Å². The van der Waals surface area contributed by atoms with Gasteiger partial charge in [-0.25, -0.2) is 0 Å². The normalized spacial score (nSPS) is 10.6. The number of hydrogen-bond acceptors (Lipinski definition) is 5. The largest absolute Gasteiger partial charge is 0.497 e. The minimum atomic E-state index is -0.543. The molecule has 0 fully saturated rings. The van der Waals surface area contributed by atoms with Crippen LogP contribution in [-0.4, -0.2) is 19.0 Å². The number of azo groups is 1. The summed E-state index contributed by atoms with van der Waals surface area (Å²) >= 11 is 5.19. The van der Waals surface area contributed by atoms with Crippen LogP contribution in [-0.2, 0) is 4.79 Å². The Hall–Kier alpha value is -2.40. The first kappa shape index (κ1) is 15.0. The molecule has 2 aromatic carbocycles. The van der Waals surface area contributed by atoms with Crippen LogP contribution in [0.25, 0.3) is 0 Å². The molecule has 2 rings (SSSR count). The Balaban J connectivity index is 1.98.